The molecule has 1 saturated heterocycles. The van der Waals surface area contributed by atoms with Gasteiger partial charge >= 0.3 is 0 Å². The summed E-state index contributed by atoms with van der Waals surface area (Å²) in [5.41, 5.74) is 3.37. The van der Waals surface area contributed by atoms with Crippen molar-refractivity contribution in [3.8, 4) is 11.4 Å². The molecule has 0 unspecified atom stereocenters. The molecule has 0 spiro atoms. The van der Waals surface area contributed by atoms with Gasteiger partial charge in [-0.3, -0.25) is 9.20 Å². The lowest BCUT2D eigenvalue weighted by atomic mass is 9.98. The highest BCUT2D eigenvalue weighted by atomic mass is 32.2. The SMILES string of the molecule is Cc1ccc(-c2noc(C3CCN(S(C)(=O)=O)CC3)n2)cc1NC(=O)c1cnc2ccccn12. The van der Waals surface area contributed by atoms with E-state index >= 15 is 0 Å². The fourth-order valence-corrected chi connectivity index (χ4v) is 5.01. The summed E-state index contributed by atoms with van der Waals surface area (Å²) in [5, 5.41) is 7.08. The monoisotopic (exact) mass is 480 g/mol. The van der Waals surface area contributed by atoms with Gasteiger partial charge in [-0.2, -0.15) is 4.98 Å². The van der Waals surface area contributed by atoms with E-state index in [4.69, 9.17) is 4.52 Å². The maximum absolute atomic E-state index is 12.9. The van der Waals surface area contributed by atoms with E-state index in [-0.39, 0.29) is 11.8 Å². The van der Waals surface area contributed by atoms with Crippen molar-refractivity contribution >= 4 is 27.3 Å². The first-order valence-electron chi connectivity index (χ1n) is 10.9. The summed E-state index contributed by atoms with van der Waals surface area (Å²) in [6, 6.07) is 11.1. The smallest absolute Gasteiger partial charge is 0.274 e. The van der Waals surface area contributed by atoms with Crippen LogP contribution < -0.4 is 5.32 Å². The predicted octanol–water partition coefficient (Wildman–Crippen LogP) is 3.08. The number of benzene rings is 1. The van der Waals surface area contributed by atoms with Crippen molar-refractivity contribution < 1.29 is 17.7 Å². The number of pyridine rings is 1. The number of carbonyl (C=O) groups is 1. The van der Waals surface area contributed by atoms with E-state index in [1.54, 1.807) is 16.8 Å². The first-order valence-corrected chi connectivity index (χ1v) is 12.8. The van der Waals surface area contributed by atoms with E-state index in [0.717, 1.165) is 5.56 Å². The standard InChI is InChI=1S/C23H24N6O4S/c1-15-6-7-17(13-18(15)25-22(30)19-14-24-20-5-3-4-10-29(19)20)21-26-23(33-27-21)16-8-11-28(12-9-16)34(2,31)32/h3-7,10,13-14,16H,8-9,11-12H2,1-2H3,(H,25,30). The summed E-state index contributed by atoms with van der Waals surface area (Å²) >= 11 is 0. The molecule has 0 saturated carbocycles. The Morgan fingerprint density at radius 3 is 2.74 bits per heavy atom. The summed E-state index contributed by atoms with van der Waals surface area (Å²) in [6.07, 6.45) is 5.82. The number of nitrogens with zero attached hydrogens (tertiary/aromatic N) is 5. The molecule has 176 valence electrons. The van der Waals surface area contributed by atoms with E-state index in [9.17, 15) is 13.2 Å². The van der Waals surface area contributed by atoms with Crippen LogP contribution >= 0.6 is 0 Å². The lowest BCUT2D eigenvalue weighted by Crippen LogP contribution is -2.37. The zero-order valence-corrected chi connectivity index (χ0v) is 19.6. The summed E-state index contributed by atoms with van der Waals surface area (Å²) in [6.45, 7) is 2.78. The summed E-state index contributed by atoms with van der Waals surface area (Å²) in [7, 11) is -3.19. The number of nitrogens with one attached hydrogen (secondary N) is 1. The number of rotatable bonds is 5. The Morgan fingerprint density at radius 2 is 1.97 bits per heavy atom. The largest absolute Gasteiger partial charge is 0.339 e. The topological polar surface area (TPSA) is 123 Å². The Bertz CT molecular complexity index is 1470. The number of aromatic nitrogens is 4. The third-order valence-electron chi connectivity index (χ3n) is 6.11. The lowest BCUT2D eigenvalue weighted by molar-refractivity contribution is 0.102. The lowest BCUT2D eigenvalue weighted by Gasteiger charge is -2.28. The molecule has 34 heavy (non-hydrogen) atoms. The molecule has 1 aliphatic heterocycles. The van der Waals surface area contributed by atoms with Gasteiger partial charge in [-0.05, 0) is 43.5 Å². The molecule has 5 rings (SSSR count). The molecule has 0 bridgehead atoms. The minimum Gasteiger partial charge on any atom is -0.339 e. The third kappa shape index (κ3) is 4.31. The Kier molecular flexibility index (Phi) is 5.66. The fraction of sp³-hybridized carbons (Fsp3) is 0.304. The second kappa shape index (κ2) is 8.65. The van der Waals surface area contributed by atoms with Crippen LogP contribution in [0.15, 0.2) is 53.3 Å². The van der Waals surface area contributed by atoms with E-state index < -0.39 is 10.0 Å². The van der Waals surface area contributed by atoms with E-state index in [2.05, 4.69) is 20.4 Å². The molecule has 1 N–H and O–H groups in total. The van der Waals surface area contributed by atoms with Crippen molar-refractivity contribution in [1.82, 2.24) is 23.8 Å². The molecule has 1 aromatic carbocycles. The number of sulfonamides is 1. The highest BCUT2D eigenvalue weighted by Gasteiger charge is 2.29. The number of fused-ring (bicyclic) bond motifs is 1. The van der Waals surface area contributed by atoms with Crippen LogP contribution in [0.2, 0.25) is 0 Å². The van der Waals surface area contributed by atoms with Crippen LogP contribution in [0.4, 0.5) is 5.69 Å². The first kappa shape index (κ1) is 22.2. The quantitative estimate of drug-likeness (QED) is 0.466. The molecule has 4 aromatic rings. The first-order chi connectivity index (χ1) is 16.3. The summed E-state index contributed by atoms with van der Waals surface area (Å²) in [5.74, 6) is 0.662. The number of aryl methyl sites for hydroxylation is 1. The number of anilines is 1. The maximum Gasteiger partial charge on any atom is 0.274 e. The predicted molar refractivity (Wildman–Crippen MR) is 126 cm³/mol. The van der Waals surface area contributed by atoms with E-state index in [1.807, 2.05) is 43.3 Å². The number of amides is 1. The van der Waals surface area contributed by atoms with Crippen LogP contribution in [0.3, 0.4) is 0 Å². The van der Waals surface area contributed by atoms with Gasteiger partial charge < -0.3 is 9.84 Å². The number of hydrogen-bond donors (Lipinski definition) is 1. The Hall–Kier alpha value is -3.57. The zero-order chi connectivity index (χ0) is 23.9. The van der Waals surface area contributed by atoms with Crippen LogP contribution in [0.25, 0.3) is 17.0 Å². The molecule has 1 amide bonds. The molecule has 11 heteroatoms. The molecule has 3 aromatic heterocycles. The Labute approximate surface area is 196 Å². The van der Waals surface area contributed by atoms with Gasteiger partial charge in [-0.15, -0.1) is 0 Å². The minimum absolute atomic E-state index is 0.0130. The van der Waals surface area contributed by atoms with Gasteiger partial charge in [-0.1, -0.05) is 23.4 Å². The Balaban J connectivity index is 1.33. The van der Waals surface area contributed by atoms with Crippen molar-refractivity contribution in [3.63, 3.8) is 0 Å². The van der Waals surface area contributed by atoms with Gasteiger partial charge in [0.2, 0.25) is 21.7 Å². The highest BCUT2D eigenvalue weighted by Crippen LogP contribution is 2.30. The van der Waals surface area contributed by atoms with Gasteiger partial charge in [0.15, 0.2) is 0 Å². The molecular weight excluding hydrogens is 456 g/mol. The molecule has 10 nitrogen and oxygen atoms in total. The van der Waals surface area contributed by atoms with Crippen LogP contribution in [-0.2, 0) is 10.0 Å². The average molecular weight is 481 g/mol. The van der Waals surface area contributed by atoms with Crippen LogP contribution in [0.5, 0.6) is 0 Å². The molecule has 4 heterocycles. The molecule has 0 atom stereocenters. The average Bonchev–Trinajstić information content (AvgIpc) is 3.48. The van der Waals surface area contributed by atoms with Crippen molar-refractivity contribution in [2.45, 2.75) is 25.7 Å². The normalized spacial score (nSPS) is 15.6. The number of imidazole rings is 1. The van der Waals surface area contributed by atoms with Crippen molar-refractivity contribution in [1.29, 1.82) is 0 Å². The van der Waals surface area contributed by atoms with Crippen molar-refractivity contribution in [3.05, 3.63) is 65.9 Å². The van der Waals surface area contributed by atoms with Gasteiger partial charge in [0.05, 0.1) is 12.5 Å². The van der Waals surface area contributed by atoms with Gasteiger partial charge in [0, 0.05) is 36.5 Å². The number of piperidine rings is 1. The van der Waals surface area contributed by atoms with E-state index in [0.29, 0.717) is 60.2 Å². The highest BCUT2D eigenvalue weighted by molar-refractivity contribution is 7.88. The van der Waals surface area contributed by atoms with E-state index in [1.165, 1.54) is 10.6 Å². The van der Waals surface area contributed by atoms with Gasteiger partial charge in [-0.25, -0.2) is 17.7 Å². The van der Waals surface area contributed by atoms with Crippen molar-refractivity contribution in [2.75, 3.05) is 24.7 Å². The molecule has 0 radical (unpaired) electrons. The minimum atomic E-state index is -3.19. The zero-order valence-electron chi connectivity index (χ0n) is 18.8. The molecule has 1 fully saturated rings. The number of carbonyl (C=O) groups excluding carboxylic acids is 1. The van der Waals surface area contributed by atoms with Crippen LogP contribution in [-0.4, -0.2) is 57.5 Å². The van der Waals surface area contributed by atoms with Crippen LogP contribution in [0.1, 0.15) is 40.7 Å². The van der Waals surface area contributed by atoms with Crippen LogP contribution in [0, 0.1) is 6.92 Å². The van der Waals surface area contributed by atoms with Gasteiger partial charge in [0.1, 0.15) is 11.3 Å². The Morgan fingerprint density at radius 1 is 1.18 bits per heavy atom. The summed E-state index contributed by atoms with van der Waals surface area (Å²) in [4.78, 5) is 21.8. The van der Waals surface area contributed by atoms with Gasteiger partial charge in [0.25, 0.3) is 5.91 Å². The summed E-state index contributed by atoms with van der Waals surface area (Å²) < 4.78 is 32.2. The number of hydrogen-bond acceptors (Lipinski definition) is 7. The second-order valence-electron chi connectivity index (χ2n) is 8.45. The molecular formula is C23H24N6O4S. The van der Waals surface area contributed by atoms with Crippen molar-refractivity contribution in [2.24, 2.45) is 0 Å². The third-order valence-corrected chi connectivity index (χ3v) is 7.41. The fourth-order valence-electron chi connectivity index (χ4n) is 4.14. The molecule has 1 aliphatic rings. The molecule has 0 aliphatic carbocycles. The second-order valence-corrected chi connectivity index (χ2v) is 10.4. The maximum atomic E-state index is 12.9.